The van der Waals surface area contributed by atoms with Crippen molar-refractivity contribution in [3.05, 3.63) is 131 Å². The van der Waals surface area contributed by atoms with E-state index >= 15 is 0 Å². The van der Waals surface area contributed by atoms with E-state index in [1.165, 1.54) is 11.1 Å². The lowest BCUT2D eigenvalue weighted by Crippen LogP contribution is -2.22. The summed E-state index contributed by atoms with van der Waals surface area (Å²) in [6, 6.07) is 31.9. The maximum absolute atomic E-state index is 13.0. The Morgan fingerprint density at radius 2 is 1.21 bits per heavy atom. The van der Waals surface area contributed by atoms with E-state index in [4.69, 9.17) is 5.11 Å². The summed E-state index contributed by atoms with van der Waals surface area (Å²) in [5.74, 6) is -1.03. The second kappa shape index (κ2) is 10.8. The quantitative estimate of drug-likeness (QED) is 0.341. The smallest absolute Gasteiger partial charge is 0.309 e. The van der Waals surface area contributed by atoms with Crippen molar-refractivity contribution in [1.29, 1.82) is 0 Å². The first-order chi connectivity index (χ1) is 16.5. The molecule has 0 saturated carbocycles. The van der Waals surface area contributed by atoms with E-state index in [1.807, 2.05) is 36.4 Å². The molecule has 0 bridgehead atoms. The van der Waals surface area contributed by atoms with Crippen molar-refractivity contribution in [1.82, 2.24) is 9.47 Å². The first kappa shape index (κ1) is 23.2. The number of aromatic nitrogens is 1. The third kappa shape index (κ3) is 5.88. The van der Waals surface area contributed by atoms with E-state index in [-0.39, 0.29) is 12.2 Å². The third-order valence-electron chi connectivity index (χ3n) is 5.91. The van der Waals surface area contributed by atoms with E-state index in [9.17, 15) is 9.59 Å². The number of carboxylic acid groups (broad SMARTS) is 1. The lowest BCUT2D eigenvalue weighted by molar-refractivity contribution is -0.136. The molecule has 0 fully saturated rings. The van der Waals surface area contributed by atoms with Gasteiger partial charge in [-0.1, -0.05) is 84.9 Å². The summed E-state index contributed by atoms with van der Waals surface area (Å²) in [5, 5.41) is 9.04. The molecule has 3 aromatic carbocycles. The fourth-order valence-corrected chi connectivity index (χ4v) is 4.13. The van der Waals surface area contributed by atoms with Crippen molar-refractivity contribution in [3.63, 3.8) is 0 Å². The second-order valence-corrected chi connectivity index (χ2v) is 8.48. The fraction of sp³-hybridized carbons (Fsp3) is 0.172. The molecule has 0 radical (unpaired) electrons. The van der Waals surface area contributed by atoms with Gasteiger partial charge in [0.2, 0.25) is 5.78 Å². The van der Waals surface area contributed by atoms with Crippen LogP contribution in [0.25, 0.3) is 0 Å². The molecule has 1 heterocycles. The van der Waals surface area contributed by atoms with Crippen molar-refractivity contribution in [2.24, 2.45) is 7.05 Å². The lowest BCUT2D eigenvalue weighted by atomic mass is 10.1. The Kier molecular flexibility index (Phi) is 7.35. The van der Waals surface area contributed by atoms with Gasteiger partial charge in [0.25, 0.3) is 0 Å². The standard InChI is InChI=1S/C29H28N2O3/c1-30-26(18-28(32)33)16-17-27(30)29(34)25-14-12-24(13-15-25)21-31(19-22-8-4-2-5-9-22)20-23-10-6-3-7-11-23/h2-17H,18-21H2,1H3,(H,32,33). The number of nitrogens with zero attached hydrogens (tertiary/aromatic N) is 2. The van der Waals surface area contributed by atoms with Gasteiger partial charge in [0.05, 0.1) is 12.1 Å². The highest BCUT2D eigenvalue weighted by atomic mass is 16.4. The molecule has 4 aromatic rings. The summed E-state index contributed by atoms with van der Waals surface area (Å²) in [6.07, 6.45) is -0.110. The van der Waals surface area contributed by atoms with Crippen molar-refractivity contribution in [2.75, 3.05) is 0 Å². The fourth-order valence-electron chi connectivity index (χ4n) is 4.13. The highest BCUT2D eigenvalue weighted by Gasteiger charge is 2.16. The monoisotopic (exact) mass is 452 g/mol. The molecular formula is C29H28N2O3. The maximum atomic E-state index is 13.0. The minimum absolute atomic E-state index is 0.110. The SMILES string of the molecule is Cn1c(CC(=O)O)ccc1C(=O)c1ccc(CN(Cc2ccccc2)Cc2ccccc2)cc1. The van der Waals surface area contributed by atoms with Gasteiger partial charge < -0.3 is 9.67 Å². The van der Waals surface area contributed by atoms with Crippen LogP contribution in [0.4, 0.5) is 0 Å². The highest BCUT2D eigenvalue weighted by molar-refractivity contribution is 6.08. The van der Waals surface area contributed by atoms with Crippen LogP contribution in [0.2, 0.25) is 0 Å². The molecule has 1 aromatic heterocycles. The van der Waals surface area contributed by atoms with Crippen LogP contribution in [0, 0.1) is 0 Å². The van der Waals surface area contributed by atoms with E-state index in [0.717, 1.165) is 25.2 Å². The summed E-state index contributed by atoms with van der Waals surface area (Å²) in [4.78, 5) is 26.4. The number of rotatable bonds is 10. The van der Waals surface area contributed by atoms with Gasteiger partial charge in [-0.05, 0) is 28.8 Å². The van der Waals surface area contributed by atoms with Crippen molar-refractivity contribution < 1.29 is 14.7 Å². The average Bonchev–Trinajstić information content (AvgIpc) is 3.19. The van der Waals surface area contributed by atoms with Crippen molar-refractivity contribution >= 4 is 11.8 Å². The number of carboxylic acids is 1. The molecule has 0 amide bonds. The van der Waals surface area contributed by atoms with Crippen LogP contribution in [0.1, 0.15) is 38.4 Å². The second-order valence-electron chi connectivity index (χ2n) is 8.48. The molecule has 0 aliphatic rings. The third-order valence-corrected chi connectivity index (χ3v) is 5.91. The van der Waals surface area contributed by atoms with Crippen molar-refractivity contribution in [3.8, 4) is 0 Å². The first-order valence-corrected chi connectivity index (χ1v) is 11.3. The lowest BCUT2D eigenvalue weighted by Gasteiger charge is -2.23. The van der Waals surface area contributed by atoms with Crippen LogP contribution in [-0.4, -0.2) is 26.3 Å². The zero-order chi connectivity index (χ0) is 23.9. The Labute approximate surface area is 199 Å². The van der Waals surface area contributed by atoms with Gasteiger partial charge in [0.1, 0.15) is 0 Å². The number of carbonyl (C=O) groups is 2. The number of aliphatic carboxylic acids is 1. The van der Waals surface area contributed by atoms with E-state index < -0.39 is 5.97 Å². The molecule has 0 saturated heterocycles. The van der Waals surface area contributed by atoms with Crippen LogP contribution in [-0.2, 0) is 37.9 Å². The van der Waals surface area contributed by atoms with Gasteiger partial charge >= 0.3 is 5.97 Å². The Bertz CT molecular complexity index is 1200. The van der Waals surface area contributed by atoms with Crippen LogP contribution in [0.15, 0.2) is 97.1 Å². The number of hydrogen-bond acceptors (Lipinski definition) is 3. The molecule has 5 nitrogen and oxygen atoms in total. The molecule has 0 aliphatic carbocycles. The minimum atomic E-state index is -0.917. The predicted molar refractivity (Wildman–Crippen MR) is 132 cm³/mol. The molecule has 172 valence electrons. The van der Waals surface area contributed by atoms with E-state index in [1.54, 1.807) is 23.7 Å². The largest absolute Gasteiger partial charge is 0.481 e. The zero-order valence-corrected chi connectivity index (χ0v) is 19.2. The van der Waals surface area contributed by atoms with Crippen LogP contribution in [0.5, 0.6) is 0 Å². The van der Waals surface area contributed by atoms with Gasteiger partial charge in [-0.25, -0.2) is 0 Å². The molecule has 5 heteroatoms. The number of benzene rings is 3. The normalized spacial score (nSPS) is 11.0. The summed E-state index contributed by atoms with van der Waals surface area (Å²) >= 11 is 0. The molecule has 34 heavy (non-hydrogen) atoms. The molecule has 0 spiro atoms. The molecule has 4 rings (SSSR count). The molecule has 1 N–H and O–H groups in total. The van der Waals surface area contributed by atoms with E-state index in [0.29, 0.717) is 17.0 Å². The van der Waals surface area contributed by atoms with Gasteiger partial charge in [0.15, 0.2) is 0 Å². The summed E-state index contributed by atoms with van der Waals surface area (Å²) in [6.45, 7) is 2.41. The van der Waals surface area contributed by atoms with Crippen LogP contribution < -0.4 is 0 Å². The minimum Gasteiger partial charge on any atom is -0.481 e. The zero-order valence-electron chi connectivity index (χ0n) is 19.2. The maximum Gasteiger partial charge on any atom is 0.309 e. The highest BCUT2D eigenvalue weighted by Crippen LogP contribution is 2.18. The number of ketones is 1. The Morgan fingerprint density at radius 1 is 0.706 bits per heavy atom. The topological polar surface area (TPSA) is 62.5 Å². The summed E-state index contributed by atoms with van der Waals surface area (Å²) < 4.78 is 1.66. The summed E-state index contributed by atoms with van der Waals surface area (Å²) in [7, 11) is 1.73. The van der Waals surface area contributed by atoms with Gasteiger partial charge in [0, 0.05) is 37.9 Å². The Morgan fingerprint density at radius 3 is 1.71 bits per heavy atom. The molecule has 0 atom stereocenters. The predicted octanol–water partition coefficient (Wildman–Crippen LogP) is 5.09. The van der Waals surface area contributed by atoms with Crippen LogP contribution >= 0.6 is 0 Å². The molecule has 0 unspecified atom stereocenters. The van der Waals surface area contributed by atoms with E-state index in [2.05, 4.69) is 53.4 Å². The first-order valence-electron chi connectivity index (χ1n) is 11.3. The van der Waals surface area contributed by atoms with Crippen molar-refractivity contribution in [2.45, 2.75) is 26.1 Å². The molecular weight excluding hydrogens is 424 g/mol. The number of hydrogen-bond donors (Lipinski definition) is 1. The number of carbonyl (C=O) groups excluding carboxylic acids is 1. The molecule has 0 aliphatic heterocycles. The van der Waals surface area contributed by atoms with Gasteiger partial charge in [-0.3, -0.25) is 14.5 Å². The Balaban J connectivity index is 1.49. The Hall–Kier alpha value is -3.96. The summed E-state index contributed by atoms with van der Waals surface area (Å²) in [5.41, 5.74) is 5.31. The van der Waals surface area contributed by atoms with Gasteiger partial charge in [-0.15, -0.1) is 0 Å². The average molecular weight is 453 g/mol. The van der Waals surface area contributed by atoms with Gasteiger partial charge in [-0.2, -0.15) is 0 Å². The van der Waals surface area contributed by atoms with Crippen LogP contribution in [0.3, 0.4) is 0 Å².